The van der Waals surface area contributed by atoms with E-state index in [1.807, 2.05) is 31.3 Å². The molecule has 6 heteroatoms. The summed E-state index contributed by atoms with van der Waals surface area (Å²) in [5.74, 6) is 2.49. The van der Waals surface area contributed by atoms with Gasteiger partial charge in [0.2, 0.25) is 0 Å². The molecule has 3 atom stereocenters. The average molecular weight is 719 g/mol. The van der Waals surface area contributed by atoms with Gasteiger partial charge in [0, 0.05) is 22.3 Å². The average Bonchev–Trinajstić information content (AvgIpc) is 3.47. The number of fused-ring (bicyclic) bond motifs is 3. The molecule has 0 bridgehead atoms. The van der Waals surface area contributed by atoms with E-state index in [1.165, 1.54) is 22.4 Å². The summed E-state index contributed by atoms with van der Waals surface area (Å²) in [5.41, 5.74) is 8.28. The highest BCUT2D eigenvalue weighted by Gasteiger charge is 2.37. The Balaban J connectivity index is 1.17. The predicted molar refractivity (Wildman–Crippen MR) is 180 cm³/mol. The Morgan fingerprint density at radius 2 is 1.80 bits per heavy atom. The predicted octanol–water partition coefficient (Wildman–Crippen LogP) is 9.92. The Morgan fingerprint density at radius 1 is 1.00 bits per heavy atom. The van der Waals surface area contributed by atoms with E-state index >= 15 is 0 Å². The zero-order valence-electron chi connectivity index (χ0n) is 23.1. The molecule has 4 aromatic carbocycles. The Labute approximate surface area is 264 Å². The van der Waals surface area contributed by atoms with Gasteiger partial charge >= 0.3 is 0 Å². The molecule has 6 rings (SSSR count). The van der Waals surface area contributed by atoms with Gasteiger partial charge in [-0.05, 0) is 113 Å². The lowest BCUT2D eigenvalue weighted by Crippen LogP contribution is -2.29. The van der Waals surface area contributed by atoms with E-state index in [9.17, 15) is 0 Å². The van der Waals surface area contributed by atoms with E-state index in [1.54, 1.807) is 0 Å². The number of benzene rings is 4. The number of allylic oxidation sites excluding steroid dienone is 2. The van der Waals surface area contributed by atoms with Gasteiger partial charge in [0.15, 0.2) is 11.5 Å². The van der Waals surface area contributed by atoms with Crippen LogP contribution in [0.25, 0.3) is 0 Å². The molecule has 41 heavy (non-hydrogen) atoms. The Kier molecular flexibility index (Phi) is 8.49. The fourth-order valence-corrected chi connectivity index (χ4v) is 6.81. The monoisotopic (exact) mass is 718 g/mol. The van der Waals surface area contributed by atoms with Crippen molar-refractivity contribution < 1.29 is 9.47 Å². The molecular weight excluding hydrogens is 687 g/mol. The number of nitrogens with one attached hydrogen (secondary N) is 1. The molecular formula is C35H32BrIN2O2. The number of anilines is 1. The van der Waals surface area contributed by atoms with Crippen molar-refractivity contribution in [2.45, 2.75) is 38.8 Å². The molecule has 0 amide bonds. The Hall–Kier alpha value is -3.10. The third kappa shape index (κ3) is 6.24. The molecule has 2 aliphatic rings. The maximum Gasteiger partial charge on any atom is 0.175 e. The second-order valence-corrected chi connectivity index (χ2v) is 12.7. The van der Waals surface area contributed by atoms with Crippen molar-refractivity contribution in [1.29, 1.82) is 0 Å². The van der Waals surface area contributed by atoms with Gasteiger partial charge in [-0.15, -0.1) is 0 Å². The molecule has 1 N–H and O–H groups in total. The molecule has 0 saturated carbocycles. The van der Waals surface area contributed by atoms with E-state index in [0.717, 1.165) is 42.8 Å². The second kappa shape index (κ2) is 12.4. The molecule has 1 heterocycles. The first kappa shape index (κ1) is 28.0. The molecule has 0 aromatic heterocycles. The van der Waals surface area contributed by atoms with Crippen LogP contribution in [0.5, 0.6) is 11.5 Å². The Morgan fingerprint density at radius 3 is 2.59 bits per heavy atom. The smallest absolute Gasteiger partial charge is 0.175 e. The first-order valence-electron chi connectivity index (χ1n) is 14.0. The van der Waals surface area contributed by atoms with Gasteiger partial charge in [-0.3, -0.25) is 4.99 Å². The largest absolute Gasteiger partial charge is 0.490 e. The molecule has 1 aliphatic heterocycles. The zero-order valence-corrected chi connectivity index (χ0v) is 26.9. The molecule has 0 radical (unpaired) electrons. The minimum atomic E-state index is 0.281. The number of halogens is 2. The highest BCUT2D eigenvalue weighted by atomic mass is 127. The van der Waals surface area contributed by atoms with Gasteiger partial charge in [-0.1, -0.05) is 70.0 Å². The molecule has 0 spiro atoms. The van der Waals surface area contributed by atoms with Crippen molar-refractivity contribution in [3.8, 4) is 11.5 Å². The summed E-state index contributed by atoms with van der Waals surface area (Å²) in [6.07, 6.45) is 7.73. The van der Waals surface area contributed by atoms with Crippen LogP contribution in [0, 0.1) is 16.4 Å². The van der Waals surface area contributed by atoms with Crippen molar-refractivity contribution in [3.63, 3.8) is 0 Å². The topological polar surface area (TPSA) is 42.8 Å². The van der Waals surface area contributed by atoms with Gasteiger partial charge in [0.1, 0.15) is 6.61 Å². The zero-order chi connectivity index (χ0) is 28.3. The molecule has 0 saturated heterocycles. The summed E-state index contributed by atoms with van der Waals surface area (Å²) >= 11 is 5.79. The van der Waals surface area contributed by atoms with Crippen LogP contribution in [0.1, 0.15) is 53.1 Å². The molecule has 0 unspecified atom stereocenters. The van der Waals surface area contributed by atoms with Gasteiger partial charge in [-0.2, -0.15) is 0 Å². The van der Waals surface area contributed by atoms with Gasteiger partial charge in [0.25, 0.3) is 0 Å². The Bertz CT molecular complexity index is 1600. The first-order chi connectivity index (χ1) is 20.0. The summed E-state index contributed by atoms with van der Waals surface area (Å²) < 4.78 is 14.2. The molecule has 0 fully saturated rings. The minimum Gasteiger partial charge on any atom is -0.490 e. The number of aliphatic imine (C=N–C) groups is 1. The fourth-order valence-electron chi connectivity index (χ4n) is 5.76. The number of ether oxygens (including phenoxy) is 2. The second-order valence-electron chi connectivity index (χ2n) is 10.6. The van der Waals surface area contributed by atoms with Crippen LogP contribution < -0.4 is 14.8 Å². The fraction of sp³-hybridized carbons (Fsp3) is 0.229. The van der Waals surface area contributed by atoms with Crippen LogP contribution in [0.15, 0.2) is 100 Å². The lowest BCUT2D eigenvalue weighted by molar-refractivity contribution is 0.267. The van der Waals surface area contributed by atoms with Crippen LogP contribution in [0.4, 0.5) is 11.4 Å². The maximum absolute atomic E-state index is 6.19. The molecule has 4 aromatic rings. The van der Waals surface area contributed by atoms with Crippen molar-refractivity contribution in [2.24, 2.45) is 10.9 Å². The van der Waals surface area contributed by atoms with Gasteiger partial charge in [0.05, 0.1) is 21.9 Å². The first-order valence-corrected chi connectivity index (χ1v) is 15.9. The third-order valence-corrected chi connectivity index (χ3v) is 9.09. The molecule has 208 valence electrons. The molecule has 4 nitrogen and oxygen atoms in total. The van der Waals surface area contributed by atoms with Crippen molar-refractivity contribution >= 4 is 56.1 Å². The van der Waals surface area contributed by atoms with Crippen molar-refractivity contribution in [2.75, 3.05) is 11.9 Å². The normalized spacial score (nSPS) is 19.1. The third-order valence-electron chi connectivity index (χ3n) is 7.76. The minimum absolute atomic E-state index is 0.281. The van der Waals surface area contributed by atoms with Crippen LogP contribution in [0.2, 0.25) is 0 Å². The van der Waals surface area contributed by atoms with Crippen LogP contribution >= 0.6 is 38.5 Å². The van der Waals surface area contributed by atoms with Crippen LogP contribution in [-0.4, -0.2) is 12.8 Å². The number of nitrogens with zero attached hydrogens (tertiary/aromatic N) is 1. The van der Waals surface area contributed by atoms with Crippen LogP contribution in [0.3, 0.4) is 0 Å². The summed E-state index contributed by atoms with van der Waals surface area (Å²) in [6.45, 7) is 5.19. The van der Waals surface area contributed by atoms with Crippen molar-refractivity contribution in [3.05, 3.63) is 127 Å². The van der Waals surface area contributed by atoms with E-state index in [0.29, 0.717) is 25.0 Å². The van der Waals surface area contributed by atoms with E-state index in [2.05, 4.69) is 124 Å². The maximum atomic E-state index is 6.19. The summed E-state index contributed by atoms with van der Waals surface area (Å²) in [6, 6.07) is 27.9. The number of aryl methyl sites for hydroxylation is 1. The number of hydrogen-bond donors (Lipinski definition) is 1. The number of hydrogen-bond acceptors (Lipinski definition) is 4. The van der Waals surface area contributed by atoms with E-state index < -0.39 is 0 Å². The SMILES string of the molecule is CCOc1cc(C=Nc2ccc([C@@H]3Nc4ccc(C)cc4[C@H]4C=CC[C@@H]43)cc2)cc(I)c1OCc1ccc(Br)cc1. The summed E-state index contributed by atoms with van der Waals surface area (Å²) in [5, 5.41) is 3.83. The van der Waals surface area contributed by atoms with Gasteiger partial charge < -0.3 is 14.8 Å². The summed E-state index contributed by atoms with van der Waals surface area (Å²) in [4.78, 5) is 4.79. The summed E-state index contributed by atoms with van der Waals surface area (Å²) in [7, 11) is 0. The lowest BCUT2D eigenvalue weighted by Gasteiger charge is -2.37. The lowest BCUT2D eigenvalue weighted by atomic mass is 9.76. The van der Waals surface area contributed by atoms with E-state index in [-0.39, 0.29) is 6.04 Å². The van der Waals surface area contributed by atoms with E-state index in [4.69, 9.17) is 14.5 Å². The van der Waals surface area contributed by atoms with Crippen LogP contribution in [-0.2, 0) is 6.61 Å². The highest BCUT2D eigenvalue weighted by molar-refractivity contribution is 14.1. The quantitative estimate of drug-likeness (QED) is 0.112. The highest BCUT2D eigenvalue weighted by Crippen LogP contribution is 2.50. The van der Waals surface area contributed by atoms with Gasteiger partial charge in [-0.25, -0.2) is 0 Å². The molecule has 1 aliphatic carbocycles. The number of rotatable bonds is 8. The van der Waals surface area contributed by atoms with Crippen molar-refractivity contribution in [1.82, 2.24) is 0 Å². The standard InChI is InChI=1S/C35H32BrIN2O2/c1-3-40-33-19-24(18-31(37)35(33)41-21-23-8-12-26(36)13-9-23)20-38-27-14-10-25(11-15-27)34-29-6-4-5-28(29)30-17-22(2)7-16-32(30)39-34/h4-5,7-20,28-29,34,39H,3,6,21H2,1-2H3/t28-,29-,34-/m0/s1.